The van der Waals surface area contributed by atoms with E-state index in [2.05, 4.69) is 28.2 Å². The zero-order valence-electron chi connectivity index (χ0n) is 12.1. The van der Waals surface area contributed by atoms with Crippen LogP contribution in [0.1, 0.15) is 37.3 Å². The Balaban J connectivity index is 1.92. The molecule has 1 aromatic rings. The normalized spacial score (nSPS) is 14.7. The number of hydrogen-bond acceptors (Lipinski definition) is 3. The summed E-state index contributed by atoms with van der Waals surface area (Å²) in [6.07, 6.45) is 4.63. The Labute approximate surface area is 122 Å². The number of anilines is 1. The van der Waals surface area contributed by atoms with Crippen LogP contribution in [0.25, 0.3) is 0 Å². The molecule has 0 fully saturated rings. The lowest BCUT2D eigenvalue weighted by Gasteiger charge is -2.21. The highest BCUT2D eigenvalue weighted by Gasteiger charge is 2.13. The highest BCUT2D eigenvalue weighted by atomic mass is 32.2. The lowest BCUT2D eigenvalue weighted by atomic mass is 9.98. The van der Waals surface area contributed by atoms with Crippen molar-refractivity contribution < 1.29 is 8.42 Å². The topological polar surface area (TPSA) is 58.2 Å². The first-order valence-corrected chi connectivity index (χ1v) is 9.09. The van der Waals surface area contributed by atoms with Gasteiger partial charge in [-0.2, -0.15) is 0 Å². The fourth-order valence-corrected chi connectivity index (χ4v) is 3.76. The molecule has 2 rings (SSSR count). The predicted octanol–water partition coefficient (Wildman–Crippen LogP) is 2.31. The summed E-state index contributed by atoms with van der Waals surface area (Å²) in [5, 5.41) is 3.44. The maximum Gasteiger partial charge on any atom is 0.211 e. The van der Waals surface area contributed by atoms with Gasteiger partial charge in [0.25, 0.3) is 0 Å². The van der Waals surface area contributed by atoms with Gasteiger partial charge >= 0.3 is 0 Å². The van der Waals surface area contributed by atoms with Gasteiger partial charge in [-0.1, -0.05) is 31.5 Å². The van der Waals surface area contributed by atoms with Crippen LogP contribution >= 0.6 is 0 Å². The molecule has 5 heteroatoms. The van der Waals surface area contributed by atoms with E-state index in [0.717, 1.165) is 32.2 Å². The number of benzene rings is 1. The number of sulfonamides is 1. The van der Waals surface area contributed by atoms with E-state index in [-0.39, 0.29) is 5.75 Å². The SMILES string of the molecule is CCCCS(=O)(=O)NCCc1cccc2c1NCCC2. The van der Waals surface area contributed by atoms with Crippen molar-refractivity contribution in [1.29, 1.82) is 0 Å². The van der Waals surface area contributed by atoms with Gasteiger partial charge in [0.1, 0.15) is 0 Å². The molecule has 0 unspecified atom stereocenters. The minimum Gasteiger partial charge on any atom is -0.385 e. The third kappa shape index (κ3) is 4.21. The number of para-hydroxylation sites is 1. The van der Waals surface area contributed by atoms with Crippen molar-refractivity contribution in [2.45, 2.75) is 39.0 Å². The lowest BCUT2D eigenvalue weighted by Crippen LogP contribution is -2.28. The van der Waals surface area contributed by atoms with Crippen molar-refractivity contribution in [3.63, 3.8) is 0 Å². The summed E-state index contributed by atoms with van der Waals surface area (Å²) in [6.45, 7) is 3.48. The molecule has 0 amide bonds. The summed E-state index contributed by atoms with van der Waals surface area (Å²) in [4.78, 5) is 0. The summed E-state index contributed by atoms with van der Waals surface area (Å²) in [5.41, 5.74) is 3.77. The van der Waals surface area contributed by atoms with Crippen LogP contribution in [0.3, 0.4) is 0 Å². The van der Waals surface area contributed by atoms with Crippen LogP contribution in [0, 0.1) is 0 Å². The van der Waals surface area contributed by atoms with Crippen molar-refractivity contribution in [1.82, 2.24) is 4.72 Å². The van der Waals surface area contributed by atoms with E-state index in [9.17, 15) is 8.42 Å². The molecule has 0 saturated heterocycles. The number of hydrogen-bond donors (Lipinski definition) is 2. The molecule has 0 saturated carbocycles. The van der Waals surface area contributed by atoms with E-state index in [1.807, 2.05) is 6.92 Å². The highest BCUT2D eigenvalue weighted by Crippen LogP contribution is 2.26. The molecular weight excluding hydrogens is 272 g/mol. The average Bonchev–Trinajstić information content (AvgIpc) is 2.45. The number of aryl methyl sites for hydroxylation is 1. The van der Waals surface area contributed by atoms with Gasteiger partial charge in [0.2, 0.25) is 10.0 Å². The van der Waals surface area contributed by atoms with Crippen molar-refractivity contribution in [3.05, 3.63) is 29.3 Å². The summed E-state index contributed by atoms with van der Waals surface area (Å²) in [7, 11) is -3.11. The highest BCUT2D eigenvalue weighted by molar-refractivity contribution is 7.89. The van der Waals surface area contributed by atoms with Crippen LogP contribution in [0.4, 0.5) is 5.69 Å². The Morgan fingerprint density at radius 2 is 2.20 bits per heavy atom. The van der Waals surface area contributed by atoms with Crippen LogP contribution in [0.15, 0.2) is 18.2 Å². The average molecular weight is 296 g/mol. The Kier molecular flexibility index (Phi) is 5.43. The molecule has 0 aromatic heterocycles. The minimum absolute atomic E-state index is 0.231. The number of nitrogens with one attached hydrogen (secondary N) is 2. The zero-order valence-corrected chi connectivity index (χ0v) is 12.9. The van der Waals surface area contributed by atoms with Crippen molar-refractivity contribution in [2.24, 2.45) is 0 Å². The van der Waals surface area contributed by atoms with Crippen molar-refractivity contribution >= 4 is 15.7 Å². The van der Waals surface area contributed by atoms with Crippen molar-refractivity contribution in [2.75, 3.05) is 24.2 Å². The fraction of sp³-hybridized carbons (Fsp3) is 0.600. The lowest BCUT2D eigenvalue weighted by molar-refractivity contribution is 0.578. The van der Waals surface area contributed by atoms with Crippen LogP contribution in [0.5, 0.6) is 0 Å². The van der Waals surface area contributed by atoms with Gasteiger partial charge < -0.3 is 5.32 Å². The van der Waals surface area contributed by atoms with Crippen molar-refractivity contribution in [3.8, 4) is 0 Å². The first kappa shape index (κ1) is 15.3. The standard InChI is InChI=1S/C15H24N2O2S/c1-2-3-12-20(18,19)17-11-9-14-7-4-6-13-8-5-10-16-15(13)14/h4,6-7,16-17H,2-3,5,8-12H2,1H3. The van der Waals surface area contributed by atoms with E-state index < -0.39 is 10.0 Å². The molecule has 1 aliphatic rings. The first-order valence-electron chi connectivity index (χ1n) is 7.44. The fourth-order valence-electron chi connectivity index (χ4n) is 2.54. The largest absolute Gasteiger partial charge is 0.385 e. The van der Waals surface area contributed by atoms with Gasteiger partial charge in [-0.3, -0.25) is 0 Å². The predicted molar refractivity (Wildman–Crippen MR) is 83.7 cm³/mol. The van der Waals surface area contributed by atoms with Crippen LogP contribution in [-0.4, -0.2) is 27.3 Å². The van der Waals surface area contributed by atoms with Crippen LogP contribution in [-0.2, 0) is 22.9 Å². The molecule has 0 atom stereocenters. The third-order valence-corrected chi connectivity index (χ3v) is 5.11. The first-order chi connectivity index (χ1) is 9.62. The molecule has 2 N–H and O–H groups in total. The molecule has 0 radical (unpaired) electrons. The number of fused-ring (bicyclic) bond motifs is 1. The molecule has 0 spiro atoms. The third-order valence-electron chi connectivity index (χ3n) is 3.64. The second-order valence-electron chi connectivity index (χ2n) is 5.30. The van der Waals surface area contributed by atoms with Gasteiger partial charge in [0.05, 0.1) is 5.75 Å². The molecule has 1 heterocycles. The Morgan fingerprint density at radius 3 is 3.00 bits per heavy atom. The molecule has 4 nitrogen and oxygen atoms in total. The summed E-state index contributed by atoms with van der Waals surface area (Å²) in [5.74, 6) is 0.231. The van der Waals surface area contributed by atoms with Gasteiger partial charge in [-0.05, 0) is 36.8 Å². The van der Waals surface area contributed by atoms with E-state index >= 15 is 0 Å². The van der Waals surface area contributed by atoms with E-state index in [4.69, 9.17) is 0 Å². The molecule has 1 aliphatic heterocycles. The Morgan fingerprint density at radius 1 is 1.35 bits per heavy atom. The van der Waals surface area contributed by atoms with Crippen LogP contribution < -0.4 is 10.0 Å². The number of unbranched alkanes of at least 4 members (excludes halogenated alkanes) is 1. The summed E-state index contributed by atoms with van der Waals surface area (Å²) < 4.78 is 26.2. The molecule has 112 valence electrons. The second-order valence-corrected chi connectivity index (χ2v) is 7.22. The number of rotatable bonds is 7. The molecule has 20 heavy (non-hydrogen) atoms. The van der Waals surface area contributed by atoms with Gasteiger partial charge in [0.15, 0.2) is 0 Å². The molecular formula is C15H24N2O2S. The summed E-state index contributed by atoms with van der Waals surface area (Å²) >= 11 is 0. The monoisotopic (exact) mass is 296 g/mol. The Bertz CT molecular complexity index is 541. The Hall–Kier alpha value is -1.07. The molecule has 0 aliphatic carbocycles. The quantitative estimate of drug-likeness (QED) is 0.812. The van der Waals surface area contributed by atoms with Gasteiger partial charge in [0, 0.05) is 18.8 Å². The minimum atomic E-state index is -3.11. The summed E-state index contributed by atoms with van der Waals surface area (Å²) in [6, 6.07) is 6.29. The van der Waals surface area contributed by atoms with Gasteiger partial charge in [-0.15, -0.1) is 0 Å². The van der Waals surface area contributed by atoms with E-state index in [0.29, 0.717) is 6.54 Å². The van der Waals surface area contributed by atoms with E-state index in [1.165, 1.54) is 23.2 Å². The smallest absolute Gasteiger partial charge is 0.211 e. The maximum atomic E-state index is 11.7. The molecule has 0 bridgehead atoms. The zero-order chi connectivity index (χ0) is 14.4. The van der Waals surface area contributed by atoms with Crippen LogP contribution in [0.2, 0.25) is 0 Å². The second kappa shape index (κ2) is 7.09. The molecule has 1 aromatic carbocycles. The maximum absolute atomic E-state index is 11.7. The van der Waals surface area contributed by atoms with E-state index in [1.54, 1.807) is 0 Å². The van der Waals surface area contributed by atoms with Gasteiger partial charge in [-0.25, -0.2) is 13.1 Å².